The van der Waals surface area contributed by atoms with E-state index < -0.39 is 46.5 Å². The molecular formula is C12H16Cl2O6. The van der Waals surface area contributed by atoms with E-state index in [1.165, 1.54) is 0 Å². The average Bonchev–Trinajstić information content (AvgIpc) is 2.75. The number of halogens is 2. The minimum atomic E-state index is -1.05. The zero-order valence-electron chi connectivity index (χ0n) is 11.5. The van der Waals surface area contributed by atoms with Crippen LogP contribution in [0.25, 0.3) is 0 Å². The summed E-state index contributed by atoms with van der Waals surface area (Å²) in [7, 11) is 0. The van der Waals surface area contributed by atoms with Gasteiger partial charge >= 0.3 is 0 Å². The van der Waals surface area contributed by atoms with E-state index in [1.54, 1.807) is 27.7 Å². The molecule has 0 N–H and O–H groups in total. The van der Waals surface area contributed by atoms with Gasteiger partial charge in [0.1, 0.15) is 12.2 Å². The molecule has 2 aliphatic rings. The summed E-state index contributed by atoms with van der Waals surface area (Å²) in [5.41, 5.74) is 0. The normalized spacial score (nSPS) is 38.9. The summed E-state index contributed by atoms with van der Waals surface area (Å²) >= 11 is 11.0. The first-order valence-electron chi connectivity index (χ1n) is 6.12. The molecule has 2 aliphatic heterocycles. The Morgan fingerprint density at radius 3 is 1.30 bits per heavy atom. The highest BCUT2D eigenvalue weighted by molar-refractivity contribution is 6.65. The lowest BCUT2D eigenvalue weighted by Gasteiger charge is -2.23. The van der Waals surface area contributed by atoms with Crippen molar-refractivity contribution in [3.8, 4) is 0 Å². The lowest BCUT2D eigenvalue weighted by Crippen LogP contribution is -2.45. The number of carbonyl (C=O) groups excluding carboxylic acids is 2. The van der Waals surface area contributed by atoms with Crippen molar-refractivity contribution in [1.82, 2.24) is 0 Å². The Balaban J connectivity index is 2.28. The predicted octanol–water partition coefficient (Wildman–Crippen LogP) is 1.56. The Bertz CT molecular complexity index is 396. The van der Waals surface area contributed by atoms with Gasteiger partial charge in [0.2, 0.25) is 0 Å². The molecule has 0 aromatic rings. The van der Waals surface area contributed by atoms with E-state index in [2.05, 4.69) is 0 Å². The first-order valence-corrected chi connectivity index (χ1v) is 6.88. The molecule has 2 unspecified atom stereocenters. The van der Waals surface area contributed by atoms with Crippen LogP contribution >= 0.6 is 23.2 Å². The highest BCUT2D eigenvalue weighted by Gasteiger charge is 2.57. The highest BCUT2D eigenvalue weighted by atomic mass is 35.5. The van der Waals surface area contributed by atoms with Crippen LogP contribution in [0, 0.1) is 0 Å². The van der Waals surface area contributed by atoms with Crippen LogP contribution in [0.2, 0.25) is 0 Å². The van der Waals surface area contributed by atoms with Crippen molar-refractivity contribution < 1.29 is 28.5 Å². The maximum absolute atomic E-state index is 11.5. The Hall–Kier alpha value is -0.240. The molecule has 2 fully saturated rings. The summed E-state index contributed by atoms with van der Waals surface area (Å²) in [4.78, 5) is 23.0. The van der Waals surface area contributed by atoms with E-state index >= 15 is 0 Å². The molecule has 2 rings (SSSR count). The molecule has 2 heterocycles. The molecule has 0 spiro atoms. The summed E-state index contributed by atoms with van der Waals surface area (Å²) < 4.78 is 22.1. The second-order valence-corrected chi connectivity index (χ2v) is 6.39. The third-order valence-corrected chi connectivity index (χ3v) is 3.46. The maximum atomic E-state index is 11.5. The van der Waals surface area contributed by atoms with Crippen LogP contribution in [0.5, 0.6) is 0 Å². The van der Waals surface area contributed by atoms with Gasteiger partial charge in [-0.05, 0) is 50.9 Å². The minimum Gasteiger partial charge on any atom is -0.341 e. The zero-order chi connectivity index (χ0) is 15.3. The third kappa shape index (κ3) is 3.16. The average molecular weight is 327 g/mol. The van der Waals surface area contributed by atoms with E-state index in [4.69, 9.17) is 42.1 Å². The zero-order valence-corrected chi connectivity index (χ0v) is 13.0. The molecule has 0 aliphatic carbocycles. The molecule has 4 atom stereocenters. The van der Waals surface area contributed by atoms with Crippen molar-refractivity contribution in [2.75, 3.05) is 0 Å². The van der Waals surface area contributed by atoms with Crippen LogP contribution < -0.4 is 0 Å². The van der Waals surface area contributed by atoms with Gasteiger partial charge in [0.15, 0.2) is 23.8 Å². The highest BCUT2D eigenvalue weighted by Crippen LogP contribution is 2.39. The Morgan fingerprint density at radius 1 is 0.750 bits per heavy atom. The van der Waals surface area contributed by atoms with Crippen molar-refractivity contribution in [2.24, 2.45) is 0 Å². The van der Waals surface area contributed by atoms with Crippen molar-refractivity contribution in [1.29, 1.82) is 0 Å². The second-order valence-electron chi connectivity index (χ2n) is 5.65. The number of carbonyl (C=O) groups is 2. The smallest absolute Gasteiger partial charge is 0.253 e. The van der Waals surface area contributed by atoms with Crippen LogP contribution in [0.15, 0.2) is 0 Å². The van der Waals surface area contributed by atoms with E-state index in [-0.39, 0.29) is 0 Å². The van der Waals surface area contributed by atoms with Crippen molar-refractivity contribution in [2.45, 2.75) is 63.7 Å². The monoisotopic (exact) mass is 326 g/mol. The fourth-order valence-corrected chi connectivity index (χ4v) is 2.75. The third-order valence-electron chi connectivity index (χ3n) is 3.03. The Labute approximate surface area is 126 Å². The van der Waals surface area contributed by atoms with Gasteiger partial charge in [0.25, 0.3) is 10.5 Å². The number of rotatable bonds is 3. The molecule has 114 valence electrons. The Morgan fingerprint density at radius 2 is 1.05 bits per heavy atom. The van der Waals surface area contributed by atoms with Gasteiger partial charge in [-0.3, -0.25) is 9.59 Å². The van der Waals surface area contributed by atoms with Crippen molar-refractivity contribution >= 4 is 33.7 Å². The van der Waals surface area contributed by atoms with Gasteiger partial charge in [-0.25, -0.2) is 0 Å². The topological polar surface area (TPSA) is 71.1 Å². The second kappa shape index (κ2) is 5.19. The summed E-state index contributed by atoms with van der Waals surface area (Å²) in [5.74, 6) is -2.04. The van der Waals surface area contributed by atoms with Crippen LogP contribution in [-0.4, -0.2) is 46.5 Å². The molecule has 0 amide bonds. The standard InChI is InChI=1S/C12H16Cl2O6/c1-11(2)17-5(7(19-11)9(13)15)6-8(10(14)16)20-12(3,4)18-6/h5-8H,1-4H3/t5?,6?,7-,8+. The van der Waals surface area contributed by atoms with Crippen molar-refractivity contribution in [3.63, 3.8) is 0 Å². The van der Waals surface area contributed by atoms with E-state index in [0.717, 1.165) is 0 Å². The first-order chi connectivity index (χ1) is 9.02. The maximum Gasteiger partial charge on any atom is 0.253 e. The fraction of sp³-hybridized carbons (Fsp3) is 0.833. The molecule has 20 heavy (non-hydrogen) atoms. The van der Waals surface area contributed by atoms with Gasteiger partial charge in [-0.15, -0.1) is 0 Å². The minimum absolute atomic E-state index is 0.727. The van der Waals surface area contributed by atoms with Crippen LogP contribution in [0.3, 0.4) is 0 Å². The van der Waals surface area contributed by atoms with E-state index in [0.29, 0.717) is 0 Å². The molecule has 0 aromatic carbocycles. The van der Waals surface area contributed by atoms with Gasteiger partial charge in [-0.1, -0.05) is 0 Å². The van der Waals surface area contributed by atoms with Gasteiger partial charge in [-0.2, -0.15) is 0 Å². The lowest BCUT2D eigenvalue weighted by atomic mass is 10.0. The SMILES string of the molecule is CC1(C)OC(C2OC(C)(C)O[C@H]2C(=O)Cl)[C@@H](C(=O)Cl)O1. The molecule has 8 heteroatoms. The summed E-state index contributed by atoms with van der Waals surface area (Å²) in [6.45, 7) is 6.55. The number of hydrogen-bond acceptors (Lipinski definition) is 6. The molecule has 0 saturated carbocycles. The number of ether oxygens (including phenoxy) is 4. The molecule has 6 nitrogen and oxygen atoms in total. The lowest BCUT2D eigenvalue weighted by molar-refractivity contribution is -0.175. The molecular weight excluding hydrogens is 311 g/mol. The Kier molecular flexibility index (Phi) is 4.19. The summed E-state index contributed by atoms with van der Waals surface area (Å²) in [5, 5.41) is -1.45. The molecule has 0 aromatic heterocycles. The molecule has 0 bridgehead atoms. The first kappa shape index (κ1) is 16.1. The van der Waals surface area contributed by atoms with Crippen LogP contribution in [0.4, 0.5) is 0 Å². The molecule has 2 saturated heterocycles. The predicted molar refractivity (Wildman–Crippen MR) is 69.4 cm³/mol. The van der Waals surface area contributed by atoms with Gasteiger partial charge in [0.05, 0.1) is 0 Å². The van der Waals surface area contributed by atoms with Gasteiger partial charge in [0, 0.05) is 0 Å². The van der Waals surface area contributed by atoms with Gasteiger partial charge < -0.3 is 18.9 Å². The quantitative estimate of drug-likeness (QED) is 0.733. The van der Waals surface area contributed by atoms with E-state index in [9.17, 15) is 9.59 Å². The fourth-order valence-electron chi connectivity index (χ4n) is 2.41. The largest absolute Gasteiger partial charge is 0.341 e. The summed E-state index contributed by atoms with van der Waals surface area (Å²) in [6, 6.07) is 0. The summed E-state index contributed by atoms with van der Waals surface area (Å²) in [6.07, 6.45) is -3.84. The van der Waals surface area contributed by atoms with E-state index in [1.807, 2.05) is 0 Å². The van der Waals surface area contributed by atoms with Crippen LogP contribution in [-0.2, 0) is 28.5 Å². The molecule has 0 radical (unpaired) electrons. The number of hydrogen-bond donors (Lipinski definition) is 0. The van der Waals surface area contributed by atoms with Crippen LogP contribution in [0.1, 0.15) is 27.7 Å². The van der Waals surface area contributed by atoms with Crippen molar-refractivity contribution in [3.05, 3.63) is 0 Å².